The Morgan fingerprint density at radius 3 is 2.71 bits per heavy atom. The quantitative estimate of drug-likeness (QED) is 0.426. The van der Waals surface area contributed by atoms with Gasteiger partial charge in [0.15, 0.2) is 0 Å². The van der Waals surface area contributed by atoms with E-state index in [9.17, 15) is 4.79 Å². The summed E-state index contributed by atoms with van der Waals surface area (Å²) in [5, 5.41) is 0. The van der Waals surface area contributed by atoms with Crippen molar-refractivity contribution < 1.29 is 14.3 Å². The number of hydrogen-bond donors (Lipinski definition) is 1. The maximum absolute atomic E-state index is 11.8. The standard InChI is InChI=1S/C17H27NO3/c1-4-5-6-7-9-13(2)21-12-14-10-8-11-15(18)16(14)17(19)20-3/h8,10-11,13H,4-7,9,12,18H2,1-3H3. The molecule has 0 spiro atoms. The van der Waals surface area contributed by atoms with Crippen molar-refractivity contribution in [2.45, 2.75) is 58.7 Å². The lowest BCUT2D eigenvalue weighted by molar-refractivity contribution is 0.0433. The highest BCUT2D eigenvalue weighted by Gasteiger charge is 2.16. The fourth-order valence-corrected chi connectivity index (χ4v) is 2.27. The van der Waals surface area contributed by atoms with Crippen LogP contribution in [0, 0.1) is 0 Å². The van der Waals surface area contributed by atoms with Crippen LogP contribution in [0.2, 0.25) is 0 Å². The highest BCUT2D eigenvalue weighted by atomic mass is 16.5. The Bertz CT molecular complexity index is 446. The van der Waals surface area contributed by atoms with E-state index in [4.69, 9.17) is 15.2 Å². The average molecular weight is 293 g/mol. The minimum Gasteiger partial charge on any atom is -0.465 e. The van der Waals surface area contributed by atoms with Crippen LogP contribution in [0.3, 0.4) is 0 Å². The third-order valence-corrected chi connectivity index (χ3v) is 3.56. The van der Waals surface area contributed by atoms with Gasteiger partial charge in [-0.25, -0.2) is 4.79 Å². The van der Waals surface area contributed by atoms with Gasteiger partial charge in [-0.1, -0.05) is 44.7 Å². The zero-order chi connectivity index (χ0) is 15.7. The van der Waals surface area contributed by atoms with Crippen LogP contribution in [0.25, 0.3) is 0 Å². The molecule has 0 bridgehead atoms. The van der Waals surface area contributed by atoms with Crippen LogP contribution < -0.4 is 5.73 Å². The molecule has 4 heteroatoms. The third-order valence-electron chi connectivity index (χ3n) is 3.56. The van der Waals surface area contributed by atoms with Gasteiger partial charge in [0.1, 0.15) is 0 Å². The summed E-state index contributed by atoms with van der Waals surface area (Å²) in [6, 6.07) is 5.38. The van der Waals surface area contributed by atoms with Gasteiger partial charge in [-0.2, -0.15) is 0 Å². The fourth-order valence-electron chi connectivity index (χ4n) is 2.27. The summed E-state index contributed by atoms with van der Waals surface area (Å²) in [5.41, 5.74) is 7.49. The molecule has 0 fully saturated rings. The Labute approximate surface area is 127 Å². The maximum Gasteiger partial charge on any atom is 0.340 e. The second-order valence-corrected chi connectivity index (χ2v) is 5.34. The van der Waals surface area contributed by atoms with Crippen molar-refractivity contribution in [1.29, 1.82) is 0 Å². The zero-order valence-corrected chi connectivity index (χ0v) is 13.4. The molecule has 1 aromatic carbocycles. The maximum atomic E-state index is 11.8. The van der Waals surface area contributed by atoms with Crippen LogP contribution in [-0.2, 0) is 16.1 Å². The van der Waals surface area contributed by atoms with Gasteiger partial charge >= 0.3 is 5.97 Å². The minimum absolute atomic E-state index is 0.175. The van der Waals surface area contributed by atoms with Gasteiger partial charge in [0.25, 0.3) is 0 Å². The summed E-state index contributed by atoms with van der Waals surface area (Å²) in [6.45, 7) is 4.65. The molecule has 1 rings (SSSR count). The van der Waals surface area contributed by atoms with E-state index in [1.165, 1.54) is 32.8 Å². The number of nitrogens with two attached hydrogens (primary N) is 1. The van der Waals surface area contributed by atoms with E-state index in [2.05, 4.69) is 13.8 Å². The van der Waals surface area contributed by atoms with E-state index in [0.29, 0.717) is 17.9 Å². The van der Waals surface area contributed by atoms with Crippen molar-refractivity contribution >= 4 is 11.7 Å². The first kappa shape index (κ1) is 17.5. The second-order valence-electron chi connectivity index (χ2n) is 5.34. The lowest BCUT2D eigenvalue weighted by Gasteiger charge is -2.15. The smallest absolute Gasteiger partial charge is 0.340 e. The molecule has 0 radical (unpaired) electrons. The molecule has 1 atom stereocenters. The lowest BCUT2D eigenvalue weighted by atomic mass is 10.1. The summed E-state index contributed by atoms with van der Waals surface area (Å²) in [6.07, 6.45) is 6.14. The van der Waals surface area contributed by atoms with E-state index in [1.54, 1.807) is 6.07 Å². The van der Waals surface area contributed by atoms with E-state index in [-0.39, 0.29) is 6.10 Å². The molecule has 21 heavy (non-hydrogen) atoms. The molecule has 0 saturated carbocycles. The van der Waals surface area contributed by atoms with Crippen molar-refractivity contribution in [2.75, 3.05) is 12.8 Å². The molecule has 0 aliphatic carbocycles. The molecule has 118 valence electrons. The van der Waals surface area contributed by atoms with E-state index < -0.39 is 5.97 Å². The summed E-state index contributed by atoms with van der Waals surface area (Å²) < 4.78 is 10.6. The van der Waals surface area contributed by atoms with Crippen LogP contribution in [0.4, 0.5) is 5.69 Å². The Balaban J connectivity index is 2.55. The molecule has 1 aromatic rings. The average Bonchev–Trinajstić information content (AvgIpc) is 2.49. The largest absolute Gasteiger partial charge is 0.465 e. The monoisotopic (exact) mass is 293 g/mol. The van der Waals surface area contributed by atoms with Crippen LogP contribution >= 0.6 is 0 Å². The highest BCUT2D eigenvalue weighted by Crippen LogP contribution is 2.20. The predicted octanol–water partition coefficient (Wildman–Crippen LogP) is 3.93. The molecule has 0 amide bonds. The number of unbranched alkanes of at least 4 members (excludes halogenated alkanes) is 3. The zero-order valence-electron chi connectivity index (χ0n) is 13.4. The number of hydrogen-bond acceptors (Lipinski definition) is 4. The summed E-state index contributed by atoms with van der Waals surface area (Å²) in [5.74, 6) is -0.415. The van der Waals surface area contributed by atoms with E-state index >= 15 is 0 Å². The molecular formula is C17H27NO3. The number of carbonyl (C=O) groups excluding carboxylic acids is 1. The summed E-state index contributed by atoms with van der Waals surface area (Å²) in [7, 11) is 1.36. The third kappa shape index (κ3) is 5.76. The first-order chi connectivity index (χ1) is 10.1. The van der Waals surface area contributed by atoms with Crippen molar-refractivity contribution in [2.24, 2.45) is 0 Å². The molecule has 0 aliphatic rings. The molecule has 0 saturated heterocycles. The van der Waals surface area contributed by atoms with Crippen LogP contribution in [0.1, 0.15) is 61.9 Å². The topological polar surface area (TPSA) is 61.5 Å². The molecule has 0 aliphatic heterocycles. The fraction of sp³-hybridized carbons (Fsp3) is 0.588. The predicted molar refractivity (Wildman–Crippen MR) is 85.2 cm³/mol. The van der Waals surface area contributed by atoms with Gasteiger partial charge in [0, 0.05) is 5.69 Å². The van der Waals surface area contributed by atoms with E-state index in [1.807, 2.05) is 12.1 Å². The number of ether oxygens (including phenoxy) is 2. The molecule has 0 aromatic heterocycles. The number of benzene rings is 1. The van der Waals surface area contributed by atoms with Crippen LogP contribution in [0.5, 0.6) is 0 Å². The lowest BCUT2D eigenvalue weighted by Crippen LogP contribution is -2.13. The molecule has 2 N–H and O–H groups in total. The van der Waals surface area contributed by atoms with Crippen LogP contribution in [0.15, 0.2) is 18.2 Å². The molecular weight excluding hydrogens is 266 g/mol. The van der Waals surface area contributed by atoms with Gasteiger partial charge in [-0.15, -0.1) is 0 Å². The van der Waals surface area contributed by atoms with Crippen molar-refractivity contribution in [3.8, 4) is 0 Å². The summed E-state index contributed by atoms with van der Waals surface area (Å²) in [4.78, 5) is 11.8. The van der Waals surface area contributed by atoms with Crippen molar-refractivity contribution in [3.63, 3.8) is 0 Å². The molecule has 1 unspecified atom stereocenters. The second kappa shape index (κ2) is 9.40. The highest BCUT2D eigenvalue weighted by molar-refractivity contribution is 5.96. The van der Waals surface area contributed by atoms with E-state index in [0.717, 1.165) is 12.0 Å². The van der Waals surface area contributed by atoms with Gasteiger partial charge in [-0.05, 0) is 25.0 Å². The minimum atomic E-state index is -0.415. The Hall–Kier alpha value is -1.55. The number of methoxy groups -OCH3 is 1. The number of rotatable bonds is 9. The van der Waals surface area contributed by atoms with Crippen molar-refractivity contribution in [1.82, 2.24) is 0 Å². The number of esters is 1. The van der Waals surface area contributed by atoms with Gasteiger partial charge in [-0.3, -0.25) is 0 Å². The summed E-state index contributed by atoms with van der Waals surface area (Å²) >= 11 is 0. The number of carbonyl (C=O) groups is 1. The van der Waals surface area contributed by atoms with Crippen molar-refractivity contribution in [3.05, 3.63) is 29.3 Å². The first-order valence-electron chi connectivity index (χ1n) is 7.67. The van der Waals surface area contributed by atoms with Gasteiger partial charge in [0.2, 0.25) is 0 Å². The Kier molecular flexibility index (Phi) is 7.83. The number of nitrogen functional groups attached to an aromatic ring is 1. The first-order valence-corrected chi connectivity index (χ1v) is 7.67. The number of anilines is 1. The SMILES string of the molecule is CCCCCCC(C)OCc1cccc(N)c1C(=O)OC. The molecule has 0 heterocycles. The molecule has 4 nitrogen and oxygen atoms in total. The van der Waals surface area contributed by atoms with Gasteiger partial charge < -0.3 is 15.2 Å². The Morgan fingerprint density at radius 1 is 1.29 bits per heavy atom. The Morgan fingerprint density at radius 2 is 2.05 bits per heavy atom. The normalized spacial score (nSPS) is 12.1. The van der Waals surface area contributed by atoms with Gasteiger partial charge in [0.05, 0.1) is 25.4 Å². The van der Waals surface area contributed by atoms with Crippen LogP contribution in [-0.4, -0.2) is 19.2 Å².